The molecule has 0 saturated carbocycles. The van der Waals surface area contributed by atoms with Crippen LogP contribution in [0.4, 0.5) is 4.79 Å². The van der Waals surface area contributed by atoms with E-state index in [-0.39, 0.29) is 12.1 Å². The van der Waals surface area contributed by atoms with E-state index < -0.39 is 0 Å². The second kappa shape index (κ2) is 10.5. The number of likely N-dealkylation sites (N-methyl/N-ethyl adjacent to an activating group) is 1. The molecule has 0 fully saturated rings. The summed E-state index contributed by atoms with van der Waals surface area (Å²) in [6.45, 7) is 1.27. The number of fused-ring (bicyclic) bond motifs is 1. The summed E-state index contributed by atoms with van der Waals surface area (Å²) >= 11 is 0. The Hall–Kier alpha value is -3.25. The van der Waals surface area contributed by atoms with Crippen LogP contribution < -0.4 is 20.1 Å². The second-order valence-corrected chi connectivity index (χ2v) is 7.18. The average molecular weight is 408 g/mol. The molecule has 3 aromatic carbocycles. The van der Waals surface area contributed by atoms with Gasteiger partial charge in [0, 0.05) is 17.5 Å². The number of carbonyl (C=O) groups excluding carboxylic acids is 1. The van der Waals surface area contributed by atoms with Crippen LogP contribution in [-0.2, 0) is 0 Å². The number of hydrogen-bond acceptors (Lipinski definition) is 4. The largest absolute Gasteiger partial charge is 0.496 e. The quantitative estimate of drug-likeness (QED) is 0.529. The number of rotatable bonds is 9. The molecular weight excluding hydrogens is 378 g/mol. The van der Waals surface area contributed by atoms with Crippen LogP contribution in [0.2, 0.25) is 0 Å². The highest BCUT2D eigenvalue weighted by molar-refractivity contribution is 5.88. The van der Waals surface area contributed by atoms with Gasteiger partial charge in [0.15, 0.2) is 0 Å². The fourth-order valence-corrected chi connectivity index (χ4v) is 3.41. The zero-order valence-electron chi connectivity index (χ0n) is 17.7. The smallest absolute Gasteiger partial charge is 0.314 e. The third-order valence-electron chi connectivity index (χ3n) is 4.97. The first-order valence-corrected chi connectivity index (χ1v) is 10.0. The van der Waals surface area contributed by atoms with Crippen LogP contribution in [0.25, 0.3) is 10.8 Å². The number of hydrogen-bond donors (Lipinski definition) is 2. The van der Waals surface area contributed by atoms with Crippen molar-refractivity contribution in [3.05, 3.63) is 72.3 Å². The number of para-hydroxylation sites is 1. The van der Waals surface area contributed by atoms with E-state index in [1.165, 1.54) is 0 Å². The predicted molar refractivity (Wildman–Crippen MR) is 120 cm³/mol. The molecule has 0 radical (unpaired) electrons. The van der Waals surface area contributed by atoms with E-state index in [0.717, 1.165) is 27.8 Å². The van der Waals surface area contributed by atoms with Crippen LogP contribution >= 0.6 is 0 Å². The molecule has 6 heteroatoms. The first-order valence-electron chi connectivity index (χ1n) is 10.0. The highest BCUT2D eigenvalue weighted by atomic mass is 16.5. The van der Waals surface area contributed by atoms with E-state index in [4.69, 9.17) is 9.47 Å². The standard InChI is InChI=1S/C24H29N3O3/c1-27(2)21(20-12-6-7-13-22(20)29-3)17-26-24(28)25-15-16-30-23-14-8-10-18-9-4-5-11-19(18)23/h4-14,21H,15-17H2,1-3H3,(H2,25,26,28). The van der Waals surface area contributed by atoms with Crippen molar-refractivity contribution in [2.24, 2.45) is 0 Å². The Morgan fingerprint density at radius 2 is 1.63 bits per heavy atom. The highest BCUT2D eigenvalue weighted by Crippen LogP contribution is 2.27. The predicted octanol–water partition coefficient (Wildman–Crippen LogP) is 3.83. The molecular formula is C24H29N3O3. The molecule has 2 N–H and O–H groups in total. The topological polar surface area (TPSA) is 62.8 Å². The molecule has 158 valence electrons. The normalized spacial score (nSPS) is 11.9. The van der Waals surface area contributed by atoms with Crippen LogP contribution in [0.15, 0.2) is 66.7 Å². The van der Waals surface area contributed by atoms with Crippen molar-refractivity contribution in [2.45, 2.75) is 6.04 Å². The third-order valence-corrected chi connectivity index (χ3v) is 4.97. The van der Waals surface area contributed by atoms with Crippen molar-refractivity contribution >= 4 is 16.8 Å². The van der Waals surface area contributed by atoms with E-state index >= 15 is 0 Å². The van der Waals surface area contributed by atoms with Gasteiger partial charge in [0.2, 0.25) is 0 Å². The summed E-state index contributed by atoms with van der Waals surface area (Å²) in [7, 11) is 5.62. The van der Waals surface area contributed by atoms with Crippen molar-refractivity contribution in [2.75, 3.05) is 40.9 Å². The van der Waals surface area contributed by atoms with E-state index in [0.29, 0.717) is 19.7 Å². The summed E-state index contributed by atoms with van der Waals surface area (Å²) < 4.78 is 11.3. The average Bonchev–Trinajstić information content (AvgIpc) is 2.77. The fraction of sp³-hybridized carbons (Fsp3) is 0.292. The minimum absolute atomic E-state index is 0.00108. The Balaban J connectivity index is 1.48. The lowest BCUT2D eigenvalue weighted by Crippen LogP contribution is -2.41. The SMILES string of the molecule is COc1ccccc1C(CNC(=O)NCCOc1cccc2ccccc12)N(C)C. The van der Waals surface area contributed by atoms with Gasteiger partial charge in [-0.2, -0.15) is 0 Å². The number of amides is 2. The number of nitrogens with one attached hydrogen (secondary N) is 2. The number of urea groups is 1. The van der Waals surface area contributed by atoms with Gasteiger partial charge in [-0.15, -0.1) is 0 Å². The van der Waals surface area contributed by atoms with Gasteiger partial charge in [-0.05, 0) is 31.6 Å². The van der Waals surface area contributed by atoms with Crippen molar-refractivity contribution in [3.63, 3.8) is 0 Å². The lowest BCUT2D eigenvalue weighted by molar-refractivity contribution is 0.228. The Kier molecular flexibility index (Phi) is 7.51. The fourth-order valence-electron chi connectivity index (χ4n) is 3.41. The van der Waals surface area contributed by atoms with Gasteiger partial charge in [-0.3, -0.25) is 0 Å². The number of ether oxygens (including phenoxy) is 2. The minimum Gasteiger partial charge on any atom is -0.496 e. The van der Waals surface area contributed by atoms with Crippen LogP contribution in [0, 0.1) is 0 Å². The molecule has 30 heavy (non-hydrogen) atoms. The molecule has 0 aliphatic heterocycles. The molecule has 0 heterocycles. The summed E-state index contributed by atoms with van der Waals surface area (Å²) in [6.07, 6.45) is 0. The molecule has 1 unspecified atom stereocenters. The summed E-state index contributed by atoms with van der Waals surface area (Å²) in [6, 6.07) is 21.7. The van der Waals surface area contributed by atoms with Crippen molar-refractivity contribution < 1.29 is 14.3 Å². The summed E-state index contributed by atoms with van der Waals surface area (Å²) in [5.74, 6) is 1.63. The Bertz CT molecular complexity index is 969. The summed E-state index contributed by atoms with van der Waals surface area (Å²) in [5, 5.41) is 7.99. The molecule has 0 aliphatic rings. The van der Waals surface area contributed by atoms with Crippen LogP contribution in [0.5, 0.6) is 11.5 Å². The molecule has 3 aromatic rings. The molecule has 6 nitrogen and oxygen atoms in total. The summed E-state index contributed by atoms with van der Waals surface area (Å²) in [5.41, 5.74) is 1.03. The maximum Gasteiger partial charge on any atom is 0.314 e. The van der Waals surface area contributed by atoms with E-state index in [1.54, 1.807) is 7.11 Å². The molecule has 1 atom stereocenters. The number of nitrogens with zero attached hydrogens (tertiary/aromatic N) is 1. The summed E-state index contributed by atoms with van der Waals surface area (Å²) in [4.78, 5) is 14.3. The van der Waals surface area contributed by atoms with Gasteiger partial charge in [-0.25, -0.2) is 4.79 Å². The van der Waals surface area contributed by atoms with Crippen molar-refractivity contribution in [3.8, 4) is 11.5 Å². The monoisotopic (exact) mass is 407 g/mol. The number of methoxy groups -OCH3 is 1. The van der Waals surface area contributed by atoms with Gasteiger partial charge in [0.05, 0.1) is 19.7 Å². The maximum absolute atomic E-state index is 12.3. The van der Waals surface area contributed by atoms with Gasteiger partial charge >= 0.3 is 6.03 Å². The molecule has 3 rings (SSSR count). The molecule has 0 spiro atoms. The third kappa shape index (κ3) is 5.42. The lowest BCUT2D eigenvalue weighted by atomic mass is 10.0. The maximum atomic E-state index is 12.3. The second-order valence-electron chi connectivity index (χ2n) is 7.18. The van der Waals surface area contributed by atoms with Crippen molar-refractivity contribution in [1.29, 1.82) is 0 Å². The molecule has 0 bridgehead atoms. The molecule has 0 aliphatic carbocycles. The van der Waals surface area contributed by atoms with E-state index in [2.05, 4.69) is 27.7 Å². The first-order chi connectivity index (χ1) is 14.6. The Morgan fingerprint density at radius 3 is 2.43 bits per heavy atom. The van der Waals surface area contributed by atoms with Gasteiger partial charge in [0.25, 0.3) is 0 Å². The zero-order chi connectivity index (χ0) is 21.3. The van der Waals surface area contributed by atoms with Gasteiger partial charge < -0.3 is 25.0 Å². The lowest BCUT2D eigenvalue weighted by Gasteiger charge is -2.26. The van der Waals surface area contributed by atoms with Gasteiger partial charge in [0.1, 0.15) is 18.1 Å². The Morgan fingerprint density at radius 1 is 0.933 bits per heavy atom. The van der Waals surface area contributed by atoms with Crippen LogP contribution in [-0.4, -0.2) is 51.8 Å². The van der Waals surface area contributed by atoms with Crippen LogP contribution in [0.1, 0.15) is 11.6 Å². The number of carbonyl (C=O) groups is 1. The van der Waals surface area contributed by atoms with Crippen LogP contribution in [0.3, 0.4) is 0 Å². The zero-order valence-corrected chi connectivity index (χ0v) is 17.7. The molecule has 0 saturated heterocycles. The number of benzene rings is 3. The van der Waals surface area contributed by atoms with Crippen molar-refractivity contribution in [1.82, 2.24) is 15.5 Å². The Labute approximate surface area is 177 Å². The minimum atomic E-state index is -0.224. The molecule has 0 aromatic heterocycles. The van der Waals surface area contributed by atoms with Gasteiger partial charge in [-0.1, -0.05) is 54.6 Å². The first kappa shape index (κ1) is 21.5. The van der Waals surface area contributed by atoms with E-state index in [1.807, 2.05) is 68.7 Å². The highest BCUT2D eigenvalue weighted by Gasteiger charge is 2.18. The van der Waals surface area contributed by atoms with E-state index in [9.17, 15) is 4.79 Å². The molecule has 2 amide bonds.